The zero-order chi connectivity index (χ0) is 15.1. The van der Waals surface area contributed by atoms with Gasteiger partial charge in [0.15, 0.2) is 5.60 Å². The van der Waals surface area contributed by atoms with Gasteiger partial charge in [-0.25, -0.2) is 4.79 Å². The highest BCUT2D eigenvalue weighted by Gasteiger charge is 2.74. The summed E-state index contributed by atoms with van der Waals surface area (Å²) in [5, 5.41) is 0. The van der Waals surface area contributed by atoms with E-state index in [1.165, 1.54) is 7.11 Å². The summed E-state index contributed by atoms with van der Waals surface area (Å²) in [7, 11) is 1.39. The van der Waals surface area contributed by atoms with Crippen molar-refractivity contribution in [1.29, 1.82) is 0 Å². The van der Waals surface area contributed by atoms with Gasteiger partial charge in [0, 0.05) is 0 Å². The summed E-state index contributed by atoms with van der Waals surface area (Å²) in [6, 6.07) is 17.8. The number of rotatable bonds is 3. The average molecular weight is 282 g/mol. The van der Waals surface area contributed by atoms with Crippen molar-refractivity contribution in [3.05, 3.63) is 71.3 Å². The summed E-state index contributed by atoms with van der Waals surface area (Å²) in [6.45, 7) is 3.82. The largest absolute Gasteiger partial charge is 0.467 e. The van der Waals surface area contributed by atoms with Crippen molar-refractivity contribution >= 4 is 5.97 Å². The Hall–Kier alpha value is -2.13. The SMILES string of the molecule is COC(=O)C1(C)OC1(c1ccccc1)c1ccccc1C. The molecule has 2 atom stereocenters. The Morgan fingerprint density at radius 3 is 2.29 bits per heavy atom. The Labute approximate surface area is 124 Å². The first-order valence-electron chi connectivity index (χ1n) is 6.96. The van der Waals surface area contributed by atoms with Crippen molar-refractivity contribution in [1.82, 2.24) is 0 Å². The smallest absolute Gasteiger partial charge is 0.341 e. The number of hydrogen-bond acceptors (Lipinski definition) is 3. The number of carbonyl (C=O) groups is 1. The minimum absolute atomic E-state index is 0.352. The first-order valence-corrected chi connectivity index (χ1v) is 6.96. The Morgan fingerprint density at radius 1 is 1.05 bits per heavy atom. The molecule has 0 spiro atoms. The van der Waals surface area contributed by atoms with Crippen LogP contribution in [0.4, 0.5) is 0 Å². The van der Waals surface area contributed by atoms with E-state index >= 15 is 0 Å². The van der Waals surface area contributed by atoms with E-state index in [0.717, 1.165) is 16.7 Å². The second kappa shape index (κ2) is 4.71. The summed E-state index contributed by atoms with van der Waals surface area (Å²) in [6.07, 6.45) is 0. The van der Waals surface area contributed by atoms with Gasteiger partial charge in [-0.1, -0.05) is 54.6 Å². The van der Waals surface area contributed by atoms with E-state index in [4.69, 9.17) is 9.47 Å². The first-order chi connectivity index (χ1) is 10.1. The number of esters is 1. The predicted octanol–water partition coefficient (Wildman–Crippen LogP) is 3.20. The fourth-order valence-electron chi connectivity index (χ4n) is 3.10. The van der Waals surface area contributed by atoms with E-state index in [0.29, 0.717) is 0 Å². The molecule has 0 radical (unpaired) electrons. The number of epoxide rings is 1. The van der Waals surface area contributed by atoms with Crippen LogP contribution >= 0.6 is 0 Å². The lowest BCUT2D eigenvalue weighted by atomic mass is 9.80. The number of aryl methyl sites for hydroxylation is 1. The van der Waals surface area contributed by atoms with Crippen LogP contribution in [0.2, 0.25) is 0 Å². The van der Waals surface area contributed by atoms with Gasteiger partial charge in [0.05, 0.1) is 7.11 Å². The van der Waals surface area contributed by atoms with Crippen LogP contribution in [-0.4, -0.2) is 18.7 Å². The van der Waals surface area contributed by atoms with Crippen LogP contribution in [0.5, 0.6) is 0 Å². The highest BCUT2D eigenvalue weighted by molar-refractivity contribution is 5.86. The maximum atomic E-state index is 12.2. The van der Waals surface area contributed by atoms with Gasteiger partial charge < -0.3 is 9.47 Å². The van der Waals surface area contributed by atoms with Crippen molar-refractivity contribution in [2.75, 3.05) is 7.11 Å². The van der Waals surface area contributed by atoms with Crippen LogP contribution in [0.15, 0.2) is 54.6 Å². The molecule has 1 heterocycles. The molecule has 2 aromatic carbocycles. The topological polar surface area (TPSA) is 38.8 Å². The van der Waals surface area contributed by atoms with Crippen LogP contribution in [-0.2, 0) is 19.9 Å². The molecular weight excluding hydrogens is 264 g/mol. The van der Waals surface area contributed by atoms with Crippen molar-refractivity contribution in [3.63, 3.8) is 0 Å². The van der Waals surface area contributed by atoms with Gasteiger partial charge in [-0.05, 0) is 30.5 Å². The molecule has 0 aromatic heterocycles. The molecule has 3 nitrogen and oxygen atoms in total. The summed E-state index contributed by atoms with van der Waals surface area (Å²) in [5.74, 6) is -0.352. The second-order valence-corrected chi connectivity index (χ2v) is 5.49. The molecule has 21 heavy (non-hydrogen) atoms. The number of carbonyl (C=O) groups excluding carboxylic acids is 1. The van der Waals surface area contributed by atoms with Crippen LogP contribution in [0.25, 0.3) is 0 Å². The zero-order valence-electron chi connectivity index (χ0n) is 12.4. The first kappa shape index (κ1) is 13.8. The van der Waals surface area contributed by atoms with E-state index in [1.807, 2.05) is 61.5 Å². The molecule has 108 valence electrons. The summed E-state index contributed by atoms with van der Waals surface area (Å²) >= 11 is 0. The fourth-order valence-corrected chi connectivity index (χ4v) is 3.10. The molecule has 0 aliphatic carbocycles. The minimum Gasteiger partial charge on any atom is -0.467 e. The van der Waals surface area contributed by atoms with Gasteiger partial charge in [-0.2, -0.15) is 0 Å². The molecule has 3 rings (SSSR count). The van der Waals surface area contributed by atoms with Crippen molar-refractivity contribution in [3.8, 4) is 0 Å². The second-order valence-electron chi connectivity index (χ2n) is 5.49. The van der Waals surface area contributed by atoms with Crippen molar-refractivity contribution in [2.45, 2.75) is 25.0 Å². The molecular formula is C18H18O3. The Morgan fingerprint density at radius 2 is 1.67 bits per heavy atom. The van der Waals surface area contributed by atoms with Crippen molar-refractivity contribution in [2.24, 2.45) is 0 Å². The van der Waals surface area contributed by atoms with Gasteiger partial charge in [0.25, 0.3) is 0 Å². The normalized spacial score (nSPS) is 27.2. The molecule has 1 aliphatic rings. The van der Waals surface area contributed by atoms with E-state index in [2.05, 4.69) is 0 Å². The summed E-state index contributed by atoms with van der Waals surface area (Å²) in [5.41, 5.74) is 1.30. The lowest BCUT2D eigenvalue weighted by Gasteiger charge is -2.19. The fraction of sp³-hybridized carbons (Fsp3) is 0.278. The van der Waals surface area contributed by atoms with Gasteiger partial charge in [0.1, 0.15) is 0 Å². The summed E-state index contributed by atoms with van der Waals surface area (Å²) < 4.78 is 11.0. The Bertz CT molecular complexity index is 680. The quantitative estimate of drug-likeness (QED) is 0.641. The maximum Gasteiger partial charge on any atom is 0.341 e. The Balaban J connectivity index is 2.20. The number of methoxy groups -OCH3 is 1. The van der Waals surface area contributed by atoms with Crippen LogP contribution in [0.1, 0.15) is 23.6 Å². The van der Waals surface area contributed by atoms with Gasteiger partial charge in [-0.3, -0.25) is 0 Å². The molecule has 1 saturated heterocycles. The molecule has 2 aromatic rings. The van der Waals surface area contributed by atoms with Crippen LogP contribution < -0.4 is 0 Å². The predicted molar refractivity (Wildman–Crippen MR) is 79.9 cm³/mol. The third kappa shape index (κ3) is 1.81. The highest BCUT2D eigenvalue weighted by Crippen LogP contribution is 2.61. The standard InChI is InChI=1S/C18H18O3/c1-13-9-7-8-12-15(13)18(14-10-5-4-6-11-14)17(2,21-18)16(19)20-3/h4-12H,1-3H3. The van der Waals surface area contributed by atoms with Crippen LogP contribution in [0, 0.1) is 6.92 Å². The third-order valence-electron chi connectivity index (χ3n) is 4.27. The van der Waals surface area contributed by atoms with E-state index in [-0.39, 0.29) is 5.97 Å². The van der Waals surface area contributed by atoms with Crippen molar-refractivity contribution < 1.29 is 14.3 Å². The van der Waals surface area contributed by atoms with Gasteiger partial charge in [0.2, 0.25) is 5.60 Å². The van der Waals surface area contributed by atoms with Gasteiger partial charge in [-0.15, -0.1) is 0 Å². The molecule has 1 aliphatic heterocycles. The Kier molecular flexibility index (Phi) is 3.10. The van der Waals surface area contributed by atoms with E-state index in [1.54, 1.807) is 6.92 Å². The van der Waals surface area contributed by atoms with Gasteiger partial charge >= 0.3 is 5.97 Å². The zero-order valence-corrected chi connectivity index (χ0v) is 12.4. The molecule has 2 unspecified atom stereocenters. The molecule has 0 saturated carbocycles. The molecule has 0 bridgehead atoms. The van der Waals surface area contributed by atoms with E-state index in [9.17, 15) is 4.79 Å². The highest BCUT2D eigenvalue weighted by atomic mass is 16.7. The lowest BCUT2D eigenvalue weighted by Crippen LogP contribution is -2.32. The molecule has 1 fully saturated rings. The monoisotopic (exact) mass is 282 g/mol. The van der Waals surface area contributed by atoms with Crippen LogP contribution in [0.3, 0.4) is 0 Å². The molecule has 3 heteroatoms. The molecule has 0 N–H and O–H groups in total. The number of hydrogen-bond donors (Lipinski definition) is 0. The maximum absolute atomic E-state index is 12.2. The third-order valence-corrected chi connectivity index (χ3v) is 4.27. The van der Waals surface area contributed by atoms with E-state index < -0.39 is 11.2 Å². The summed E-state index contributed by atoms with van der Waals surface area (Å²) in [4.78, 5) is 12.2. The number of ether oxygens (including phenoxy) is 2. The average Bonchev–Trinajstić information content (AvgIpc) is 3.16. The minimum atomic E-state index is -0.991. The molecule has 0 amide bonds. The number of benzene rings is 2. The lowest BCUT2D eigenvalue weighted by molar-refractivity contribution is -0.146.